The molecule has 6 heteroatoms. The summed E-state index contributed by atoms with van der Waals surface area (Å²) in [5.74, 6) is 1.54. The van der Waals surface area contributed by atoms with Crippen LogP contribution in [0.5, 0.6) is 0 Å². The molecule has 0 unspecified atom stereocenters. The third-order valence-electron chi connectivity index (χ3n) is 2.26. The summed E-state index contributed by atoms with van der Waals surface area (Å²) in [6, 6.07) is -0.130. The second-order valence-corrected chi connectivity index (χ2v) is 4.78. The molecule has 2 amide bonds. The van der Waals surface area contributed by atoms with E-state index in [1.165, 1.54) is 9.80 Å². The summed E-state index contributed by atoms with van der Waals surface area (Å²) in [6.45, 7) is 0.147. The number of nitrogens with one attached hydrogen (secondary N) is 1. The van der Waals surface area contributed by atoms with Crippen molar-refractivity contribution in [1.29, 1.82) is 0 Å². The minimum Gasteiger partial charge on any atom is -0.347 e. The van der Waals surface area contributed by atoms with Gasteiger partial charge >= 0.3 is 0 Å². The van der Waals surface area contributed by atoms with E-state index >= 15 is 0 Å². The van der Waals surface area contributed by atoms with E-state index in [2.05, 4.69) is 5.32 Å². The summed E-state index contributed by atoms with van der Waals surface area (Å²) in [4.78, 5) is 26.1. The van der Waals surface area contributed by atoms with Crippen molar-refractivity contribution in [2.24, 2.45) is 0 Å². The molecule has 1 aliphatic heterocycles. The molecule has 86 valence electrons. The number of likely N-dealkylation sites (N-methyl/N-ethyl adjacent to an activating group) is 2. The molecule has 0 aromatic heterocycles. The number of carbonyl (C=O) groups excluding carboxylic acids is 2. The average molecular weight is 231 g/mol. The van der Waals surface area contributed by atoms with Crippen LogP contribution in [-0.2, 0) is 9.59 Å². The molecular formula is C9H17N3O2S. The summed E-state index contributed by atoms with van der Waals surface area (Å²) >= 11 is 1.70. The van der Waals surface area contributed by atoms with Crippen LogP contribution in [-0.4, -0.2) is 67.0 Å². The lowest BCUT2D eigenvalue weighted by molar-refractivity contribution is -0.138. The maximum absolute atomic E-state index is 11.8. The third kappa shape index (κ3) is 3.39. The first kappa shape index (κ1) is 12.3. The van der Waals surface area contributed by atoms with Crippen LogP contribution in [0.25, 0.3) is 0 Å². The summed E-state index contributed by atoms with van der Waals surface area (Å²) in [5.41, 5.74) is 0. The molecule has 15 heavy (non-hydrogen) atoms. The molecule has 1 heterocycles. The molecule has 1 saturated heterocycles. The Labute approximate surface area is 94.2 Å². The van der Waals surface area contributed by atoms with Gasteiger partial charge in [0.25, 0.3) is 0 Å². The minimum atomic E-state index is -0.130. The predicted octanol–water partition coefficient (Wildman–Crippen LogP) is -0.804. The van der Waals surface area contributed by atoms with Gasteiger partial charge in [0.15, 0.2) is 0 Å². The second kappa shape index (κ2) is 5.37. The van der Waals surface area contributed by atoms with E-state index in [1.807, 2.05) is 0 Å². The van der Waals surface area contributed by atoms with Crippen molar-refractivity contribution in [3.63, 3.8) is 0 Å². The van der Waals surface area contributed by atoms with Crippen molar-refractivity contribution >= 4 is 23.6 Å². The van der Waals surface area contributed by atoms with Crippen molar-refractivity contribution < 1.29 is 9.59 Å². The first-order chi connectivity index (χ1) is 7.02. The minimum absolute atomic E-state index is 0.00444. The van der Waals surface area contributed by atoms with E-state index in [-0.39, 0.29) is 24.4 Å². The van der Waals surface area contributed by atoms with Gasteiger partial charge in [-0.05, 0) is 0 Å². The standard InChI is InChI=1S/C9H17N3O2S/c1-11(2)8(13)4-12(3)9(14)7-5-15-6-10-7/h7,10H,4-6H2,1-3H3/t7-/m1/s1. The summed E-state index contributed by atoms with van der Waals surface area (Å²) < 4.78 is 0. The summed E-state index contributed by atoms with van der Waals surface area (Å²) in [6.07, 6.45) is 0. The van der Waals surface area contributed by atoms with Crippen molar-refractivity contribution in [2.75, 3.05) is 39.3 Å². The molecule has 0 radical (unpaired) electrons. The molecule has 1 fully saturated rings. The fourth-order valence-electron chi connectivity index (χ4n) is 1.24. The van der Waals surface area contributed by atoms with E-state index < -0.39 is 0 Å². The van der Waals surface area contributed by atoms with E-state index in [0.717, 1.165) is 11.6 Å². The van der Waals surface area contributed by atoms with Crippen LogP contribution < -0.4 is 5.32 Å². The molecule has 1 N–H and O–H groups in total. The zero-order chi connectivity index (χ0) is 11.4. The van der Waals surface area contributed by atoms with Gasteiger partial charge in [-0.1, -0.05) is 0 Å². The lowest BCUT2D eigenvalue weighted by Crippen LogP contribution is -2.46. The van der Waals surface area contributed by atoms with Gasteiger partial charge in [0.1, 0.15) is 0 Å². The van der Waals surface area contributed by atoms with Gasteiger partial charge in [0.05, 0.1) is 12.6 Å². The van der Waals surface area contributed by atoms with Gasteiger partial charge in [-0.25, -0.2) is 0 Å². The summed E-state index contributed by atoms with van der Waals surface area (Å²) in [7, 11) is 5.03. The Hall–Kier alpha value is -0.750. The number of rotatable bonds is 3. The fraction of sp³-hybridized carbons (Fsp3) is 0.778. The van der Waals surface area contributed by atoms with Crippen molar-refractivity contribution in [2.45, 2.75) is 6.04 Å². The number of hydrogen-bond acceptors (Lipinski definition) is 4. The smallest absolute Gasteiger partial charge is 0.241 e. The van der Waals surface area contributed by atoms with E-state index in [0.29, 0.717) is 0 Å². The Bertz CT molecular complexity index is 252. The van der Waals surface area contributed by atoms with Gasteiger partial charge < -0.3 is 9.80 Å². The molecule has 0 bridgehead atoms. The van der Waals surface area contributed by atoms with E-state index in [1.54, 1.807) is 32.9 Å². The van der Waals surface area contributed by atoms with E-state index in [9.17, 15) is 9.59 Å². The maximum atomic E-state index is 11.8. The Morgan fingerprint density at radius 2 is 2.07 bits per heavy atom. The van der Waals surface area contributed by atoms with Gasteiger partial charge in [-0.3, -0.25) is 14.9 Å². The SMILES string of the molecule is CN(C)C(=O)CN(C)C(=O)[C@H]1CSCN1. The third-order valence-corrected chi connectivity index (χ3v) is 3.20. The van der Waals surface area contributed by atoms with Gasteiger partial charge in [0, 0.05) is 32.8 Å². The van der Waals surface area contributed by atoms with Crippen LogP contribution in [0.15, 0.2) is 0 Å². The predicted molar refractivity (Wildman–Crippen MR) is 60.6 cm³/mol. The molecule has 0 aliphatic carbocycles. The quantitative estimate of drug-likeness (QED) is 0.690. The monoisotopic (exact) mass is 231 g/mol. The highest BCUT2D eigenvalue weighted by atomic mass is 32.2. The molecule has 0 saturated carbocycles. The number of amides is 2. The highest BCUT2D eigenvalue weighted by molar-refractivity contribution is 7.99. The second-order valence-electron chi connectivity index (χ2n) is 3.75. The van der Waals surface area contributed by atoms with Crippen LogP contribution in [0.4, 0.5) is 0 Å². The summed E-state index contributed by atoms with van der Waals surface area (Å²) in [5, 5.41) is 3.09. The Morgan fingerprint density at radius 3 is 2.53 bits per heavy atom. The molecule has 0 aromatic carbocycles. The average Bonchev–Trinajstić information content (AvgIpc) is 2.68. The van der Waals surface area contributed by atoms with Crippen molar-refractivity contribution in [1.82, 2.24) is 15.1 Å². The molecule has 5 nitrogen and oxygen atoms in total. The van der Waals surface area contributed by atoms with Crippen LogP contribution in [0.2, 0.25) is 0 Å². The lowest BCUT2D eigenvalue weighted by Gasteiger charge is -2.21. The zero-order valence-corrected chi connectivity index (χ0v) is 10.1. The highest BCUT2D eigenvalue weighted by Crippen LogP contribution is 2.11. The fourth-order valence-corrected chi connectivity index (χ4v) is 2.18. The van der Waals surface area contributed by atoms with Gasteiger partial charge in [0.2, 0.25) is 11.8 Å². The first-order valence-corrected chi connectivity index (χ1v) is 5.94. The van der Waals surface area contributed by atoms with Crippen LogP contribution in [0.1, 0.15) is 0 Å². The zero-order valence-electron chi connectivity index (χ0n) is 9.32. The topological polar surface area (TPSA) is 52.7 Å². The Balaban J connectivity index is 2.42. The van der Waals surface area contributed by atoms with Crippen molar-refractivity contribution in [3.05, 3.63) is 0 Å². The van der Waals surface area contributed by atoms with Gasteiger partial charge in [-0.2, -0.15) is 0 Å². The normalized spacial score (nSPS) is 20.1. The van der Waals surface area contributed by atoms with Crippen LogP contribution in [0.3, 0.4) is 0 Å². The maximum Gasteiger partial charge on any atom is 0.241 e. The van der Waals surface area contributed by atoms with Crippen LogP contribution >= 0.6 is 11.8 Å². The molecule has 1 aliphatic rings. The Morgan fingerprint density at radius 1 is 1.40 bits per heavy atom. The molecule has 0 aromatic rings. The van der Waals surface area contributed by atoms with Gasteiger partial charge in [-0.15, -0.1) is 11.8 Å². The number of nitrogens with zero attached hydrogens (tertiary/aromatic N) is 2. The number of hydrogen-bond donors (Lipinski definition) is 1. The Kier molecular flexibility index (Phi) is 4.41. The first-order valence-electron chi connectivity index (χ1n) is 4.78. The van der Waals surface area contributed by atoms with E-state index in [4.69, 9.17) is 0 Å². The molecular weight excluding hydrogens is 214 g/mol. The number of carbonyl (C=O) groups is 2. The van der Waals surface area contributed by atoms with Crippen molar-refractivity contribution in [3.8, 4) is 0 Å². The lowest BCUT2D eigenvalue weighted by atomic mass is 10.3. The highest BCUT2D eigenvalue weighted by Gasteiger charge is 2.26. The molecule has 1 rings (SSSR count). The largest absolute Gasteiger partial charge is 0.347 e. The number of thioether (sulfide) groups is 1. The molecule has 0 spiro atoms. The van der Waals surface area contributed by atoms with Crippen LogP contribution in [0, 0.1) is 0 Å². The molecule has 1 atom stereocenters.